The first kappa shape index (κ1) is 14.6. The standard InChI is InChI=1S/C11H16N4O4S/c12-11(13-16)9-1-3-10(4-2-9)14-20(17,18)15-5-7-19-8-6-15/h1-4,14,16H,5-8H2,(H2,12,13). The molecule has 0 bridgehead atoms. The van der Waals surface area contributed by atoms with Gasteiger partial charge in [-0.2, -0.15) is 12.7 Å². The van der Waals surface area contributed by atoms with Crippen LogP contribution in [-0.2, 0) is 14.9 Å². The van der Waals surface area contributed by atoms with Gasteiger partial charge in [-0.3, -0.25) is 4.72 Å². The van der Waals surface area contributed by atoms with Crippen molar-refractivity contribution in [2.45, 2.75) is 0 Å². The van der Waals surface area contributed by atoms with Crippen LogP contribution in [0.2, 0.25) is 0 Å². The number of nitrogens with one attached hydrogen (secondary N) is 1. The maximum atomic E-state index is 12.1. The highest BCUT2D eigenvalue weighted by molar-refractivity contribution is 7.90. The van der Waals surface area contributed by atoms with Crippen molar-refractivity contribution in [1.82, 2.24) is 4.31 Å². The first-order valence-electron chi connectivity index (χ1n) is 5.96. The fourth-order valence-electron chi connectivity index (χ4n) is 1.77. The second-order valence-electron chi connectivity index (χ2n) is 4.18. The highest BCUT2D eigenvalue weighted by Crippen LogP contribution is 2.14. The molecule has 0 aromatic heterocycles. The lowest BCUT2D eigenvalue weighted by Crippen LogP contribution is -2.43. The molecule has 1 aromatic carbocycles. The third-order valence-corrected chi connectivity index (χ3v) is 4.38. The number of hydrogen-bond acceptors (Lipinski definition) is 5. The zero-order chi connectivity index (χ0) is 14.6. The van der Waals surface area contributed by atoms with Gasteiger partial charge in [0.2, 0.25) is 0 Å². The molecule has 1 aliphatic heterocycles. The molecule has 0 aliphatic carbocycles. The maximum absolute atomic E-state index is 12.1. The molecule has 110 valence electrons. The highest BCUT2D eigenvalue weighted by atomic mass is 32.2. The minimum Gasteiger partial charge on any atom is -0.409 e. The first-order valence-corrected chi connectivity index (χ1v) is 7.40. The van der Waals surface area contributed by atoms with E-state index in [0.29, 0.717) is 37.6 Å². The summed E-state index contributed by atoms with van der Waals surface area (Å²) >= 11 is 0. The lowest BCUT2D eigenvalue weighted by Gasteiger charge is -2.26. The van der Waals surface area contributed by atoms with Gasteiger partial charge in [-0.1, -0.05) is 5.16 Å². The number of ether oxygens (including phenoxy) is 1. The lowest BCUT2D eigenvalue weighted by molar-refractivity contribution is 0.0733. The van der Waals surface area contributed by atoms with Gasteiger partial charge in [-0.15, -0.1) is 0 Å². The normalized spacial score (nSPS) is 17.9. The van der Waals surface area contributed by atoms with Gasteiger partial charge in [0, 0.05) is 24.3 Å². The maximum Gasteiger partial charge on any atom is 0.301 e. The van der Waals surface area contributed by atoms with Crippen LogP contribution in [0, 0.1) is 0 Å². The van der Waals surface area contributed by atoms with Crippen LogP contribution in [0.15, 0.2) is 29.4 Å². The zero-order valence-corrected chi connectivity index (χ0v) is 11.5. The SMILES string of the molecule is N/C(=N/O)c1ccc(NS(=O)(=O)N2CCOCC2)cc1. The summed E-state index contributed by atoms with van der Waals surface area (Å²) < 4.78 is 33.1. The van der Waals surface area contributed by atoms with Crippen LogP contribution >= 0.6 is 0 Å². The van der Waals surface area contributed by atoms with Crippen molar-refractivity contribution in [2.75, 3.05) is 31.0 Å². The van der Waals surface area contributed by atoms with Gasteiger partial charge in [0.1, 0.15) is 0 Å². The van der Waals surface area contributed by atoms with E-state index >= 15 is 0 Å². The first-order chi connectivity index (χ1) is 9.53. The highest BCUT2D eigenvalue weighted by Gasteiger charge is 2.23. The minimum atomic E-state index is -3.58. The summed E-state index contributed by atoms with van der Waals surface area (Å²) in [5.41, 5.74) is 6.34. The molecule has 9 heteroatoms. The van der Waals surface area contributed by atoms with Crippen LogP contribution in [0.1, 0.15) is 5.56 Å². The molecule has 0 unspecified atom stereocenters. The van der Waals surface area contributed by atoms with Gasteiger partial charge in [0.25, 0.3) is 0 Å². The van der Waals surface area contributed by atoms with Gasteiger partial charge in [0.05, 0.1) is 13.2 Å². The number of hydrogen-bond donors (Lipinski definition) is 3. The Bertz CT molecular complexity index is 579. The Labute approximate surface area is 117 Å². The topological polar surface area (TPSA) is 117 Å². The Kier molecular flexibility index (Phi) is 4.42. The molecule has 1 heterocycles. The molecule has 0 radical (unpaired) electrons. The van der Waals surface area contributed by atoms with Crippen LogP contribution in [-0.4, -0.2) is 50.1 Å². The molecule has 2 rings (SSSR count). The molecule has 20 heavy (non-hydrogen) atoms. The Morgan fingerprint density at radius 1 is 1.30 bits per heavy atom. The smallest absolute Gasteiger partial charge is 0.301 e. The van der Waals surface area contributed by atoms with Gasteiger partial charge in [0.15, 0.2) is 5.84 Å². The largest absolute Gasteiger partial charge is 0.409 e. The molecule has 0 atom stereocenters. The van der Waals surface area contributed by atoms with E-state index in [-0.39, 0.29) is 5.84 Å². The van der Waals surface area contributed by atoms with Crippen molar-refractivity contribution in [1.29, 1.82) is 0 Å². The molecule has 1 fully saturated rings. The van der Waals surface area contributed by atoms with Crippen molar-refractivity contribution in [3.8, 4) is 0 Å². The van der Waals surface area contributed by atoms with Crippen molar-refractivity contribution >= 4 is 21.7 Å². The Morgan fingerprint density at radius 2 is 1.90 bits per heavy atom. The molecular formula is C11H16N4O4S. The van der Waals surface area contributed by atoms with Gasteiger partial charge >= 0.3 is 10.2 Å². The van der Waals surface area contributed by atoms with Crippen LogP contribution in [0.3, 0.4) is 0 Å². The Hall–Kier alpha value is -1.84. The number of oxime groups is 1. The lowest BCUT2D eigenvalue weighted by atomic mass is 10.2. The van der Waals surface area contributed by atoms with Gasteiger partial charge in [-0.05, 0) is 24.3 Å². The van der Waals surface area contributed by atoms with Crippen LogP contribution in [0.25, 0.3) is 0 Å². The minimum absolute atomic E-state index is 0.0346. The Morgan fingerprint density at radius 3 is 2.45 bits per heavy atom. The number of rotatable bonds is 4. The number of morpholine rings is 1. The fraction of sp³-hybridized carbons (Fsp3) is 0.364. The molecule has 1 aliphatic rings. The van der Waals surface area contributed by atoms with E-state index in [2.05, 4.69) is 9.88 Å². The second-order valence-corrected chi connectivity index (χ2v) is 5.85. The van der Waals surface area contributed by atoms with Crippen LogP contribution in [0.5, 0.6) is 0 Å². The van der Waals surface area contributed by atoms with Crippen LogP contribution in [0.4, 0.5) is 5.69 Å². The van der Waals surface area contributed by atoms with E-state index < -0.39 is 10.2 Å². The summed E-state index contributed by atoms with van der Waals surface area (Å²) in [7, 11) is -3.58. The van der Waals surface area contributed by atoms with Crippen molar-refractivity contribution in [3.05, 3.63) is 29.8 Å². The molecular weight excluding hydrogens is 284 g/mol. The van der Waals surface area contributed by atoms with Crippen molar-refractivity contribution in [3.63, 3.8) is 0 Å². The molecule has 4 N–H and O–H groups in total. The monoisotopic (exact) mass is 300 g/mol. The molecule has 0 amide bonds. The van der Waals surface area contributed by atoms with E-state index in [9.17, 15) is 8.42 Å². The number of benzene rings is 1. The number of anilines is 1. The molecule has 0 saturated carbocycles. The van der Waals surface area contributed by atoms with E-state index in [1.807, 2.05) is 0 Å². The third-order valence-electron chi connectivity index (χ3n) is 2.85. The molecule has 0 spiro atoms. The summed E-state index contributed by atoms with van der Waals surface area (Å²) in [6.07, 6.45) is 0. The second kappa shape index (κ2) is 6.07. The van der Waals surface area contributed by atoms with E-state index in [1.165, 1.54) is 4.31 Å². The van der Waals surface area contributed by atoms with Gasteiger partial charge in [-0.25, -0.2) is 0 Å². The molecule has 1 saturated heterocycles. The fourth-order valence-corrected chi connectivity index (χ4v) is 2.96. The van der Waals surface area contributed by atoms with E-state index in [4.69, 9.17) is 15.7 Å². The summed E-state index contributed by atoms with van der Waals surface area (Å²) in [4.78, 5) is 0. The van der Waals surface area contributed by atoms with Crippen LogP contribution < -0.4 is 10.5 Å². The molecule has 1 aromatic rings. The quantitative estimate of drug-likeness (QED) is 0.307. The van der Waals surface area contributed by atoms with Crippen molar-refractivity contribution in [2.24, 2.45) is 10.9 Å². The third kappa shape index (κ3) is 3.38. The average Bonchev–Trinajstić information content (AvgIpc) is 2.48. The number of nitrogens with two attached hydrogens (primary N) is 1. The van der Waals surface area contributed by atoms with Crippen molar-refractivity contribution < 1.29 is 18.4 Å². The number of amidine groups is 1. The predicted molar refractivity (Wildman–Crippen MR) is 73.9 cm³/mol. The average molecular weight is 300 g/mol. The summed E-state index contributed by atoms with van der Waals surface area (Å²) in [6, 6.07) is 6.22. The number of nitrogens with zero attached hydrogens (tertiary/aromatic N) is 2. The van der Waals surface area contributed by atoms with E-state index in [0.717, 1.165) is 0 Å². The molecule has 8 nitrogen and oxygen atoms in total. The summed E-state index contributed by atoms with van der Waals surface area (Å²) in [6.45, 7) is 1.45. The predicted octanol–water partition coefficient (Wildman–Crippen LogP) is -0.230. The van der Waals surface area contributed by atoms with E-state index in [1.54, 1.807) is 24.3 Å². The van der Waals surface area contributed by atoms with Gasteiger partial charge < -0.3 is 15.7 Å². The summed E-state index contributed by atoms with van der Waals surface area (Å²) in [5.74, 6) is -0.0346. The zero-order valence-electron chi connectivity index (χ0n) is 10.7. The Balaban J connectivity index is 2.09. The summed E-state index contributed by atoms with van der Waals surface area (Å²) in [5, 5.41) is 11.4.